The fraction of sp³-hybridized carbons (Fsp3) is 0.353. The Kier molecular flexibility index (Phi) is 5.72. The summed E-state index contributed by atoms with van der Waals surface area (Å²) in [5.41, 5.74) is 0.545. The number of hydrogen-bond donors (Lipinski definition) is 3. The van der Waals surface area contributed by atoms with E-state index in [2.05, 4.69) is 15.4 Å². The van der Waals surface area contributed by atoms with E-state index in [0.717, 1.165) is 30.6 Å². The topological polar surface area (TPSA) is 87.3 Å². The summed E-state index contributed by atoms with van der Waals surface area (Å²) < 4.78 is 27.4. The molecule has 3 N–H and O–H groups in total. The standard InChI is InChI=1S/C17H21N3O3S2/c21-17(18-12-15-6-3-11-24-15)19-13-7-9-16(10-8-13)25(22,23)20-14-4-1-2-5-14/h3,6-11,14,20H,1-2,4-5,12H2,(H2,18,19,21). The molecule has 1 aliphatic carbocycles. The van der Waals surface area contributed by atoms with Crippen LogP contribution < -0.4 is 15.4 Å². The summed E-state index contributed by atoms with van der Waals surface area (Å²) >= 11 is 1.57. The first-order valence-electron chi connectivity index (χ1n) is 8.22. The van der Waals surface area contributed by atoms with Crippen molar-refractivity contribution in [2.75, 3.05) is 5.32 Å². The number of benzene rings is 1. The lowest BCUT2D eigenvalue weighted by Crippen LogP contribution is -2.32. The number of hydrogen-bond acceptors (Lipinski definition) is 4. The van der Waals surface area contributed by atoms with Gasteiger partial charge < -0.3 is 10.6 Å². The van der Waals surface area contributed by atoms with Gasteiger partial charge in [0.05, 0.1) is 11.4 Å². The second-order valence-corrected chi connectivity index (χ2v) is 8.76. The predicted octanol–water partition coefficient (Wildman–Crippen LogP) is 3.29. The zero-order valence-electron chi connectivity index (χ0n) is 13.7. The van der Waals surface area contributed by atoms with E-state index >= 15 is 0 Å². The maximum absolute atomic E-state index is 12.3. The minimum atomic E-state index is -3.51. The van der Waals surface area contributed by atoms with E-state index in [1.807, 2.05) is 17.5 Å². The lowest BCUT2D eigenvalue weighted by Gasteiger charge is -2.13. The van der Waals surface area contributed by atoms with Crippen molar-refractivity contribution in [3.8, 4) is 0 Å². The van der Waals surface area contributed by atoms with Crippen LogP contribution in [0.5, 0.6) is 0 Å². The molecule has 1 fully saturated rings. The second-order valence-electron chi connectivity index (χ2n) is 6.01. The van der Waals surface area contributed by atoms with Crippen molar-refractivity contribution in [1.29, 1.82) is 0 Å². The van der Waals surface area contributed by atoms with Crippen molar-refractivity contribution >= 4 is 33.1 Å². The number of carbonyl (C=O) groups is 1. The first-order chi connectivity index (χ1) is 12.0. The molecule has 1 aliphatic rings. The average Bonchev–Trinajstić information content (AvgIpc) is 3.27. The zero-order valence-corrected chi connectivity index (χ0v) is 15.3. The molecule has 0 aliphatic heterocycles. The van der Waals surface area contributed by atoms with Crippen LogP contribution in [0.15, 0.2) is 46.7 Å². The van der Waals surface area contributed by atoms with Crippen LogP contribution in [0.2, 0.25) is 0 Å². The average molecular weight is 380 g/mol. The van der Waals surface area contributed by atoms with Gasteiger partial charge in [-0.25, -0.2) is 17.9 Å². The Balaban J connectivity index is 1.55. The van der Waals surface area contributed by atoms with E-state index in [1.54, 1.807) is 23.5 Å². The zero-order chi connectivity index (χ0) is 17.7. The Morgan fingerprint density at radius 2 is 1.84 bits per heavy atom. The van der Waals surface area contributed by atoms with Gasteiger partial charge in [0, 0.05) is 16.6 Å². The van der Waals surface area contributed by atoms with Gasteiger partial charge in [0.25, 0.3) is 0 Å². The van der Waals surface area contributed by atoms with Gasteiger partial charge in [-0.3, -0.25) is 0 Å². The lowest BCUT2D eigenvalue weighted by atomic mass is 10.3. The monoisotopic (exact) mass is 379 g/mol. The Morgan fingerprint density at radius 3 is 2.48 bits per heavy atom. The highest BCUT2D eigenvalue weighted by atomic mass is 32.2. The Labute approximate surface area is 151 Å². The van der Waals surface area contributed by atoms with Crippen LogP contribution in [0, 0.1) is 0 Å². The highest BCUT2D eigenvalue weighted by Crippen LogP contribution is 2.21. The second kappa shape index (κ2) is 7.99. The number of sulfonamides is 1. The van der Waals surface area contributed by atoms with Gasteiger partial charge in [-0.1, -0.05) is 18.9 Å². The van der Waals surface area contributed by atoms with E-state index in [0.29, 0.717) is 12.2 Å². The summed E-state index contributed by atoms with van der Waals surface area (Å²) in [6.45, 7) is 0.460. The van der Waals surface area contributed by atoms with E-state index in [-0.39, 0.29) is 17.0 Å². The van der Waals surface area contributed by atoms with Gasteiger partial charge in [-0.05, 0) is 48.6 Å². The Morgan fingerprint density at radius 1 is 1.12 bits per heavy atom. The van der Waals surface area contributed by atoms with E-state index in [4.69, 9.17) is 0 Å². The van der Waals surface area contributed by atoms with Crippen LogP contribution >= 0.6 is 11.3 Å². The van der Waals surface area contributed by atoms with Crippen molar-refractivity contribution in [2.45, 2.75) is 43.2 Å². The van der Waals surface area contributed by atoms with Crippen molar-refractivity contribution in [1.82, 2.24) is 10.0 Å². The van der Waals surface area contributed by atoms with Crippen LogP contribution in [0.4, 0.5) is 10.5 Å². The molecule has 1 saturated carbocycles. The molecule has 1 aromatic carbocycles. The molecule has 0 radical (unpaired) electrons. The highest BCUT2D eigenvalue weighted by molar-refractivity contribution is 7.89. The molecule has 2 amide bonds. The molecule has 0 atom stereocenters. The summed E-state index contributed by atoms with van der Waals surface area (Å²) in [6, 6.07) is 9.78. The van der Waals surface area contributed by atoms with Crippen molar-refractivity contribution in [2.24, 2.45) is 0 Å². The minimum Gasteiger partial charge on any atom is -0.333 e. The molecular formula is C17H21N3O3S2. The van der Waals surface area contributed by atoms with Crippen molar-refractivity contribution in [3.63, 3.8) is 0 Å². The van der Waals surface area contributed by atoms with Gasteiger partial charge in [-0.15, -0.1) is 11.3 Å². The maximum Gasteiger partial charge on any atom is 0.319 e. The SMILES string of the molecule is O=C(NCc1cccs1)Nc1ccc(S(=O)(=O)NC2CCCC2)cc1. The van der Waals surface area contributed by atoms with E-state index in [9.17, 15) is 13.2 Å². The lowest BCUT2D eigenvalue weighted by molar-refractivity contribution is 0.252. The molecule has 0 unspecified atom stereocenters. The quantitative estimate of drug-likeness (QED) is 0.720. The molecule has 8 heteroatoms. The summed E-state index contributed by atoms with van der Waals surface area (Å²) in [4.78, 5) is 13.1. The van der Waals surface area contributed by atoms with E-state index < -0.39 is 10.0 Å². The summed E-state index contributed by atoms with van der Waals surface area (Å²) in [7, 11) is -3.51. The molecule has 0 saturated heterocycles. The minimum absolute atomic E-state index is 0.0332. The summed E-state index contributed by atoms with van der Waals surface area (Å²) in [5, 5.41) is 7.40. The number of urea groups is 1. The first kappa shape index (κ1) is 17.9. The van der Waals surface area contributed by atoms with Crippen LogP contribution in [0.25, 0.3) is 0 Å². The Hall–Kier alpha value is -1.90. The number of rotatable bonds is 6. The van der Waals surface area contributed by atoms with Gasteiger partial charge in [-0.2, -0.15) is 0 Å². The molecule has 1 aromatic heterocycles. The number of nitrogens with one attached hydrogen (secondary N) is 3. The first-order valence-corrected chi connectivity index (χ1v) is 10.6. The number of anilines is 1. The molecule has 2 aromatic rings. The molecule has 3 rings (SSSR count). The fourth-order valence-corrected chi connectivity index (χ4v) is 4.75. The Bertz CT molecular complexity index is 796. The molecule has 25 heavy (non-hydrogen) atoms. The molecule has 0 bridgehead atoms. The third kappa shape index (κ3) is 5.04. The normalized spacial score (nSPS) is 15.2. The summed E-state index contributed by atoms with van der Waals surface area (Å²) in [5.74, 6) is 0. The molecule has 1 heterocycles. The van der Waals surface area contributed by atoms with Crippen molar-refractivity contribution < 1.29 is 13.2 Å². The molecule has 134 valence electrons. The van der Waals surface area contributed by atoms with Gasteiger partial charge >= 0.3 is 6.03 Å². The number of thiophene rings is 1. The van der Waals surface area contributed by atoms with Gasteiger partial charge in [0.1, 0.15) is 0 Å². The third-order valence-corrected chi connectivity index (χ3v) is 6.52. The molecular weight excluding hydrogens is 358 g/mol. The van der Waals surface area contributed by atoms with Gasteiger partial charge in [0.15, 0.2) is 0 Å². The number of amides is 2. The smallest absolute Gasteiger partial charge is 0.319 e. The largest absolute Gasteiger partial charge is 0.333 e. The van der Waals surface area contributed by atoms with Gasteiger partial charge in [0.2, 0.25) is 10.0 Å². The number of carbonyl (C=O) groups excluding carboxylic acids is 1. The maximum atomic E-state index is 12.3. The summed E-state index contributed by atoms with van der Waals surface area (Å²) in [6.07, 6.45) is 3.92. The third-order valence-electron chi connectivity index (χ3n) is 4.10. The fourth-order valence-electron chi connectivity index (χ4n) is 2.80. The van der Waals surface area contributed by atoms with Crippen LogP contribution in [0.3, 0.4) is 0 Å². The molecule has 0 spiro atoms. The highest BCUT2D eigenvalue weighted by Gasteiger charge is 2.22. The van der Waals surface area contributed by atoms with E-state index in [1.165, 1.54) is 12.1 Å². The van der Waals surface area contributed by atoms with Crippen molar-refractivity contribution in [3.05, 3.63) is 46.7 Å². The van der Waals surface area contributed by atoms with Crippen LogP contribution in [-0.4, -0.2) is 20.5 Å². The van der Waals surface area contributed by atoms with Crippen LogP contribution in [-0.2, 0) is 16.6 Å². The van der Waals surface area contributed by atoms with Crippen LogP contribution in [0.1, 0.15) is 30.6 Å². The molecule has 6 nitrogen and oxygen atoms in total. The predicted molar refractivity (Wildman–Crippen MR) is 99.2 cm³/mol.